The summed E-state index contributed by atoms with van der Waals surface area (Å²) in [5.74, 6) is -37.6. The van der Waals surface area contributed by atoms with E-state index in [9.17, 15) is 65.5 Å². The topological polar surface area (TPSA) is 52.6 Å². The van der Waals surface area contributed by atoms with Crippen molar-refractivity contribution in [2.24, 2.45) is 0 Å². The van der Waals surface area contributed by atoms with Gasteiger partial charge in [-0.15, -0.1) is 0 Å². The minimum atomic E-state index is -7.51. The van der Waals surface area contributed by atoms with Crippen molar-refractivity contribution >= 4 is 10.1 Å². The second kappa shape index (κ2) is 10.5. The lowest BCUT2D eigenvalue weighted by atomic mass is 9.88. The lowest BCUT2D eigenvalue weighted by Crippen LogP contribution is -2.65. The first kappa shape index (κ1) is 32.8. The maximum atomic E-state index is 15.0. The Labute approximate surface area is 227 Å². The molecule has 0 spiro atoms. The summed E-state index contributed by atoms with van der Waals surface area (Å²) in [6, 6.07) is 7.61. The Kier molecular flexibility index (Phi) is 8.23. The number of halogens is 13. The highest BCUT2D eigenvalue weighted by Gasteiger charge is 2.86. The molecular weight excluding hydrogens is 631 g/mol. The molecule has 3 aromatic rings. The molecule has 0 N–H and O–H groups in total. The normalized spacial score (nSPS) is 14.0. The van der Waals surface area contributed by atoms with Crippen LogP contribution in [0.1, 0.15) is 11.1 Å². The molecule has 0 aliphatic rings. The van der Waals surface area contributed by atoms with Gasteiger partial charge < -0.3 is 8.92 Å². The van der Waals surface area contributed by atoms with E-state index in [0.717, 1.165) is 18.2 Å². The molecule has 0 saturated carbocycles. The first-order chi connectivity index (χ1) is 19.0. The van der Waals surface area contributed by atoms with Crippen molar-refractivity contribution in [3.63, 3.8) is 0 Å². The molecule has 3 aromatic carbocycles. The molecule has 0 heterocycles. The highest BCUT2D eigenvalue weighted by molar-refractivity contribution is 7.88. The number of alkyl halides is 13. The molecule has 0 atom stereocenters. The van der Waals surface area contributed by atoms with Crippen LogP contribution >= 0.6 is 0 Å². The van der Waals surface area contributed by atoms with E-state index in [4.69, 9.17) is 4.74 Å². The van der Waals surface area contributed by atoms with Gasteiger partial charge in [-0.2, -0.15) is 65.5 Å². The molecular formula is C24H13F13O4S. The number of hydrogen-bond acceptors (Lipinski definition) is 4. The average Bonchev–Trinajstić information content (AvgIpc) is 2.88. The molecule has 42 heavy (non-hydrogen) atoms. The van der Waals surface area contributed by atoms with Crippen LogP contribution in [0.3, 0.4) is 0 Å². The lowest BCUT2D eigenvalue weighted by molar-refractivity contribution is -0.407. The molecule has 18 heteroatoms. The van der Waals surface area contributed by atoms with Gasteiger partial charge in [0.1, 0.15) is 17.2 Å². The predicted octanol–water partition coefficient (Wildman–Crippen LogP) is 8.50. The zero-order chi connectivity index (χ0) is 32.0. The Bertz CT molecular complexity index is 1510. The summed E-state index contributed by atoms with van der Waals surface area (Å²) in [5.41, 5.74) is -10.4. The molecule has 4 nitrogen and oxygen atoms in total. The van der Waals surface area contributed by atoms with Gasteiger partial charge in [0.25, 0.3) is 0 Å². The third kappa shape index (κ3) is 5.43. The maximum absolute atomic E-state index is 15.0. The quantitative estimate of drug-likeness (QED) is 0.126. The van der Waals surface area contributed by atoms with Crippen LogP contribution in [-0.2, 0) is 22.0 Å². The summed E-state index contributed by atoms with van der Waals surface area (Å²) in [6.45, 7) is 0. The fourth-order valence-electron chi connectivity index (χ4n) is 3.27. The van der Waals surface area contributed by atoms with Gasteiger partial charge >= 0.3 is 45.2 Å². The standard InChI is InChI=1S/C24H13F13O4S/c25-19(26,14-10-12-16(13-11-14)41-42(38,39)24(35,36)37)21(29,30)23(33,34)22(31,32)20(27,28)17-8-4-5-9-18(17)40-15-6-2-1-3-7-15/h1-13H. The minimum absolute atomic E-state index is 0.117. The third-order valence-electron chi connectivity index (χ3n) is 5.48. The van der Waals surface area contributed by atoms with Crippen molar-refractivity contribution in [1.29, 1.82) is 0 Å². The van der Waals surface area contributed by atoms with Gasteiger partial charge in [0.05, 0.1) is 5.56 Å². The van der Waals surface area contributed by atoms with Crippen molar-refractivity contribution < 1.29 is 74.4 Å². The summed E-state index contributed by atoms with van der Waals surface area (Å²) in [6.07, 6.45) is 0. The van der Waals surface area contributed by atoms with Gasteiger partial charge in [0, 0.05) is 5.56 Å². The largest absolute Gasteiger partial charge is 0.534 e. The second-order valence-corrected chi connectivity index (χ2v) is 9.83. The van der Waals surface area contributed by atoms with Crippen molar-refractivity contribution in [2.45, 2.75) is 35.1 Å². The predicted molar refractivity (Wildman–Crippen MR) is 118 cm³/mol. The van der Waals surface area contributed by atoms with Crippen LogP contribution in [0.25, 0.3) is 0 Å². The molecule has 0 fully saturated rings. The Balaban J connectivity index is 2.00. The first-order valence-electron chi connectivity index (χ1n) is 10.8. The van der Waals surface area contributed by atoms with Crippen LogP contribution in [0.4, 0.5) is 57.1 Å². The highest BCUT2D eigenvalue weighted by Crippen LogP contribution is 2.62. The van der Waals surface area contributed by atoms with Crippen LogP contribution in [-0.4, -0.2) is 31.7 Å². The molecule has 3 rings (SSSR count). The van der Waals surface area contributed by atoms with E-state index in [0.29, 0.717) is 12.1 Å². The number of rotatable bonds is 10. The molecule has 0 radical (unpaired) electrons. The van der Waals surface area contributed by atoms with Gasteiger partial charge in [0.2, 0.25) is 0 Å². The Morgan fingerprint density at radius 2 is 0.976 bits per heavy atom. The van der Waals surface area contributed by atoms with E-state index in [1.165, 1.54) is 18.2 Å². The summed E-state index contributed by atoms with van der Waals surface area (Å²) in [7, 11) is -6.38. The molecule has 0 aromatic heterocycles. The van der Waals surface area contributed by atoms with Gasteiger partial charge in [-0.1, -0.05) is 30.3 Å². The molecule has 0 saturated heterocycles. The van der Waals surface area contributed by atoms with Gasteiger partial charge in [-0.3, -0.25) is 0 Å². The Morgan fingerprint density at radius 3 is 1.50 bits per heavy atom. The Hall–Kier alpha value is -3.70. The monoisotopic (exact) mass is 644 g/mol. The molecule has 230 valence electrons. The van der Waals surface area contributed by atoms with Crippen molar-refractivity contribution in [1.82, 2.24) is 0 Å². The van der Waals surface area contributed by atoms with Gasteiger partial charge in [0.15, 0.2) is 0 Å². The zero-order valence-electron chi connectivity index (χ0n) is 20.0. The number of benzene rings is 3. The number of ether oxygens (including phenoxy) is 1. The molecule has 0 bridgehead atoms. The van der Waals surface area contributed by atoms with Crippen LogP contribution in [0.5, 0.6) is 17.2 Å². The van der Waals surface area contributed by atoms with E-state index in [-0.39, 0.29) is 36.1 Å². The highest BCUT2D eigenvalue weighted by atomic mass is 32.2. The van der Waals surface area contributed by atoms with Crippen molar-refractivity contribution in [3.05, 3.63) is 90.0 Å². The van der Waals surface area contributed by atoms with E-state index in [2.05, 4.69) is 4.18 Å². The third-order valence-corrected chi connectivity index (χ3v) is 6.46. The van der Waals surface area contributed by atoms with E-state index < -0.39 is 67.9 Å². The lowest BCUT2D eigenvalue weighted by Gasteiger charge is -2.39. The molecule has 0 aliphatic heterocycles. The minimum Gasteiger partial charge on any atom is -0.457 e. The summed E-state index contributed by atoms with van der Waals surface area (Å²) in [5, 5.41) is 0. The second-order valence-electron chi connectivity index (χ2n) is 8.29. The first-order valence-corrected chi connectivity index (χ1v) is 12.2. The van der Waals surface area contributed by atoms with E-state index >= 15 is 0 Å². The smallest absolute Gasteiger partial charge is 0.457 e. The van der Waals surface area contributed by atoms with Crippen LogP contribution in [0.15, 0.2) is 78.9 Å². The van der Waals surface area contributed by atoms with Crippen molar-refractivity contribution in [3.8, 4) is 17.2 Å². The maximum Gasteiger partial charge on any atom is 0.534 e. The number of para-hydroxylation sites is 2. The van der Waals surface area contributed by atoms with Crippen molar-refractivity contribution in [2.75, 3.05) is 0 Å². The SMILES string of the molecule is O=S(=O)(Oc1ccc(C(F)(F)C(F)(F)C(F)(F)C(F)(F)C(F)(F)c2ccccc2Oc2ccccc2)cc1)C(F)(F)F. The fourth-order valence-corrected chi connectivity index (χ4v) is 3.73. The summed E-state index contributed by atoms with van der Waals surface area (Å²) >= 11 is 0. The summed E-state index contributed by atoms with van der Waals surface area (Å²) in [4.78, 5) is 0. The molecule has 0 aliphatic carbocycles. The molecule has 0 unspecified atom stereocenters. The zero-order valence-corrected chi connectivity index (χ0v) is 20.8. The van der Waals surface area contributed by atoms with Gasteiger partial charge in [-0.05, 0) is 48.5 Å². The average molecular weight is 644 g/mol. The Morgan fingerprint density at radius 1 is 0.500 bits per heavy atom. The number of hydrogen-bond donors (Lipinski definition) is 0. The van der Waals surface area contributed by atoms with Crippen LogP contribution in [0, 0.1) is 0 Å². The van der Waals surface area contributed by atoms with E-state index in [1.54, 1.807) is 0 Å². The van der Waals surface area contributed by atoms with Crippen LogP contribution in [0.2, 0.25) is 0 Å². The fraction of sp³-hybridized carbons (Fsp3) is 0.250. The van der Waals surface area contributed by atoms with Crippen LogP contribution < -0.4 is 8.92 Å². The summed E-state index contributed by atoms with van der Waals surface area (Å²) < 4.78 is 215. The van der Waals surface area contributed by atoms with E-state index in [1.807, 2.05) is 0 Å². The molecule has 0 amide bonds. The van der Waals surface area contributed by atoms with Gasteiger partial charge in [-0.25, -0.2) is 0 Å².